The number of halogens is 2. The maximum atomic E-state index is 12.5. The van der Waals surface area contributed by atoms with E-state index in [2.05, 4.69) is 46.5 Å². The number of nitrogens with zero attached hydrogens (tertiary/aromatic N) is 3. The predicted molar refractivity (Wildman–Crippen MR) is 140 cm³/mol. The van der Waals surface area contributed by atoms with E-state index in [-0.39, 0.29) is 11.7 Å². The van der Waals surface area contributed by atoms with E-state index in [0.29, 0.717) is 27.4 Å². The molecule has 0 aliphatic carbocycles. The Kier molecular flexibility index (Phi) is 7.55. The van der Waals surface area contributed by atoms with Gasteiger partial charge in [-0.15, -0.1) is 28.1 Å². The standard InChI is InChI=1S/C24H20Cl2N4OS2/c1-3-12-30-23(17-13-32-15(2)21(17)16-8-5-4-6-9-16)28-29-24(30)33-14-20(31)27-19-11-7-10-18(25)22(19)26/h3-11,13H,1,12,14H2,2H3,(H,27,31). The van der Waals surface area contributed by atoms with Gasteiger partial charge in [0.05, 0.1) is 21.5 Å². The second-order valence-corrected chi connectivity index (χ2v) is 9.90. The van der Waals surface area contributed by atoms with Crippen molar-refractivity contribution in [2.75, 3.05) is 11.1 Å². The Morgan fingerprint density at radius 1 is 1.18 bits per heavy atom. The first-order valence-electron chi connectivity index (χ1n) is 10.0. The van der Waals surface area contributed by atoms with Gasteiger partial charge < -0.3 is 5.32 Å². The molecule has 168 valence electrons. The van der Waals surface area contributed by atoms with Crippen molar-refractivity contribution in [1.82, 2.24) is 14.8 Å². The molecule has 33 heavy (non-hydrogen) atoms. The molecular formula is C24H20Cl2N4OS2. The number of hydrogen-bond acceptors (Lipinski definition) is 5. The van der Waals surface area contributed by atoms with Crippen molar-refractivity contribution in [1.29, 1.82) is 0 Å². The predicted octanol–water partition coefficient (Wildman–Crippen LogP) is 7.21. The number of nitrogens with one attached hydrogen (secondary N) is 1. The van der Waals surface area contributed by atoms with Crippen LogP contribution in [0.25, 0.3) is 22.5 Å². The van der Waals surface area contributed by atoms with Gasteiger partial charge >= 0.3 is 0 Å². The second-order valence-electron chi connectivity index (χ2n) is 7.09. The monoisotopic (exact) mass is 514 g/mol. The summed E-state index contributed by atoms with van der Waals surface area (Å²) in [5.41, 5.74) is 3.76. The molecule has 1 amide bonds. The Morgan fingerprint density at radius 3 is 2.73 bits per heavy atom. The SMILES string of the molecule is C=CCn1c(SCC(=O)Nc2cccc(Cl)c2Cl)nnc1-c1csc(C)c1-c1ccccc1. The fourth-order valence-corrected chi connectivity index (χ4v) is 5.35. The van der Waals surface area contributed by atoms with Crippen LogP contribution in [0.5, 0.6) is 0 Å². The quantitative estimate of drug-likeness (QED) is 0.199. The van der Waals surface area contributed by atoms with Gasteiger partial charge in [-0.2, -0.15) is 0 Å². The molecule has 0 fully saturated rings. The molecule has 2 heterocycles. The van der Waals surface area contributed by atoms with E-state index in [4.69, 9.17) is 23.2 Å². The Hall–Kier alpha value is -2.58. The van der Waals surface area contributed by atoms with Crippen LogP contribution in [0.1, 0.15) is 4.88 Å². The van der Waals surface area contributed by atoms with Crippen molar-refractivity contribution in [2.45, 2.75) is 18.6 Å². The van der Waals surface area contributed by atoms with E-state index in [1.54, 1.807) is 35.6 Å². The van der Waals surface area contributed by atoms with Crippen molar-refractivity contribution in [2.24, 2.45) is 0 Å². The van der Waals surface area contributed by atoms with Crippen LogP contribution in [-0.2, 0) is 11.3 Å². The molecule has 0 saturated carbocycles. The third-order valence-electron chi connectivity index (χ3n) is 4.86. The lowest BCUT2D eigenvalue weighted by Gasteiger charge is -2.10. The third-order valence-corrected chi connectivity index (χ3v) is 7.56. The lowest BCUT2D eigenvalue weighted by atomic mass is 10.0. The normalized spacial score (nSPS) is 10.9. The molecule has 0 unspecified atom stereocenters. The number of carbonyl (C=O) groups excluding carboxylic acids is 1. The van der Waals surface area contributed by atoms with Crippen molar-refractivity contribution < 1.29 is 4.79 Å². The molecule has 0 aliphatic rings. The first-order chi connectivity index (χ1) is 16.0. The van der Waals surface area contributed by atoms with E-state index < -0.39 is 0 Å². The van der Waals surface area contributed by atoms with Gasteiger partial charge in [0.2, 0.25) is 5.91 Å². The molecule has 4 aromatic rings. The number of benzene rings is 2. The molecule has 0 atom stereocenters. The highest BCUT2D eigenvalue weighted by Gasteiger charge is 2.20. The van der Waals surface area contributed by atoms with Crippen LogP contribution in [0.15, 0.2) is 71.7 Å². The molecule has 5 nitrogen and oxygen atoms in total. The fourth-order valence-electron chi connectivity index (χ4n) is 3.39. The van der Waals surface area contributed by atoms with Crippen LogP contribution in [-0.4, -0.2) is 26.4 Å². The van der Waals surface area contributed by atoms with Gasteiger partial charge in [-0.05, 0) is 24.6 Å². The number of rotatable bonds is 8. The largest absolute Gasteiger partial charge is 0.324 e. The van der Waals surface area contributed by atoms with Crippen LogP contribution in [0.4, 0.5) is 5.69 Å². The summed E-state index contributed by atoms with van der Waals surface area (Å²) in [6.45, 7) is 6.50. The van der Waals surface area contributed by atoms with Gasteiger partial charge in [0.25, 0.3) is 0 Å². The van der Waals surface area contributed by atoms with E-state index in [1.807, 2.05) is 22.8 Å². The molecular weight excluding hydrogens is 495 g/mol. The number of amides is 1. The van der Waals surface area contributed by atoms with Crippen molar-refractivity contribution in [3.8, 4) is 22.5 Å². The van der Waals surface area contributed by atoms with Crippen molar-refractivity contribution in [3.63, 3.8) is 0 Å². The van der Waals surface area contributed by atoms with Crippen LogP contribution in [0.3, 0.4) is 0 Å². The van der Waals surface area contributed by atoms with Crippen LogP contribution < -0.4 is 5.32 Å². The van der Waals surface area contributed by atoms with E-state index in [0.717, 1.165) is 22.5 Å². The molecule has 0 bridgehead atoms. The zero-order valence-corrected chi connectivity index (χ0v) is 20.9. The van der Waals surface area contributed by atoms with Gasteiger partial charge in [0.15, 0.2) is 11.0 Å². The highest BCUT2D eigenvalue weighted by molar-refractivity contribution is 7.99. The topological polar surface area (TPSA) is 59.8 Å². The molecule has 0 aliphatic heterocycles. The van der Waals surface area contributed by atoms with E-state index in [1.165, 1.54) is 16.6 Å². The summed E-state index contributed by atoms with van der Waals surface area (Å²) >= 11 is 15.2. The van der Waals surface area contributed by atoms with Crippen LogP contribution in [0, 0.1) is 6.92 Å². The van der Waals surface area contributed by atoms with Crippen LogP contribution in [0.2, 0.25) is 10.0 Å². The number of aryl methyl sites for hydroxylation is 1. The number of anilines is 1. The lowest BCUT2D eigenvalue weighted by Crippen LogP contribution is -2.15. The van der Waals surface area contributed by atoms with E-state index >= 15 is 0 Å². The molecule has 0 saturated heterocycles. The molecule has 2 aromatic heterocycles. The van der Waals surface area contributed by atoms with Crippen molar-refractivity contribution >= 4 is 57.9 Å². The fraction of sp³-hybridized carbons (Fsp3) is 0.125. The number of aromatic nitrogens is 3. The minimum atomic E-state index is -0.213. The molecule has 1 N–H and O–H groups in total. The average Bonchev–Trinajstić information content (AvgIpc) is 3.39. The summed E-state index contributed by atoms with van der Waals surface area (Å²) in [4.78, 5) is 13.7. The summed E-state index contributed by atoms with van der Waals surface area (Å²) in [5.74, 6) is 0.681. The van der Waals surface area contributed by atoms with Crippen molar-refractivity contribution in [3.05, 3.63) is 81.5 Å². The first kappa shape index (κ1) is 23.6. The zero-order valence-electron chi connectivity index (χ0n) is 17.7. The van der Waals surface area contributed by atoms with E-state index in [9.17, 15) is 4.79 Å². The zero-order chi connectivity index (χ0) is 23.4. The van der Waals surface area contributed by atoms with Gasteiger partial charge in [-0.25, -0.2) is 0 Å². The number of thioether (sulfide) groups is 1. The third kappa shape index (κ3) is 5.17. The number of carbonyl (C=O) groups is 1. The Morgan fingerprint density at radius 2 is 1.97 bits per heavy atom. The first-order valence-corrected chi connectivity index (χ1v) is 12.7. The molecule has 0 radical (unpaired) electrons. The Labute approximate surface area is 210 Å². The molecule has 0 spiro atoms. The Balaban J connectivity index is 1.58. The summed E-state index contributed by atoms with van der Waals surface area (Å²) in [6, 6.07) is 15.3. The van der Waals surface area contributed by atoms with Gasteiger partial charge in [-0.1, -0.05) is 77.4 Å². The smallest absolute Gasteiger partial charge is 0.234 e. The maximum absolute atomic E-state index is 12.5. The number of thiophene rings is 1. The summed E-state index contributed by atoms with van der Waals surface area (Å²) in [5, 5.41) is 15.1. The minimum absolute atomic E-state index is 0.145. The summed E-state index contributed by atoms with van der Waals surface area (Å²) in [6.07, 6.45) is 1.80. The molecule has 2 aromatic carbocycles. The lowest BCUT2D eigenvalue weighted by molar-refractivity contribution is -0.113. The summed E-state index contributed by atoms with van der Waals surface area (Å²) in [7, 11) is 0. The Bertz CT molecular complexity index is 1300. The molecule has 9 heteroatoms. The highest BCUT2D eigenvalue weighted by Crippen LogP contribution is 2.39. The van der Waals surface area contributed by atoms with Gasteiger partial charge in [0.1, 0.15) is 0 Å². The number of hydrogen-bond donors (Lipinski definition) is 1. The minimum Gasteiger partial charge on any atom is -0.324 e. The maximum Gasteiger partial charge on any atom is 0.234 e. The highest BCUT2D eigenvalue weighted by atomic mass is 35.5. The summed E-state index contributed by atoms with van der Waals surface area (Å²) < 4.78 is 1.98. The van der Waals surface area contributed by atoms with Gasteiger partial charge in [-0.3, -0.25) is 9.36 Å². The second kappa shape index (κ2) is 10.6. The average molecular weight is 515 g/mol. The number of allylic oxidation sites excluding steroid dienone is 1. The molecule has 4 rings (SSSR count). The van der Waals surface area contributed by atoms with Crippen LogP contribution >= 0.6 is 46.3 Å². The van der Waals surface area contributed by atoms with Gasteiger partial charge in [0, 0.05) is 27.9 Å².